The van der Waals surface area contributed by atoms with Crippen LogP contribution < -0.4 is 10.6 Å². The van der Waals surface area contributed by atoms with Crippen LogP contribution in [0.2, 0.25) is 0 Å². The van der Waals surface area contributed by atoms with E-state index in [1.165, 1.54) is 49.3 Å². The van der Waals surface area contributed by atoms with Gasteiger partial charge in [0.05, 0.1) is 5.75 Å². The van der Waals surface area contributed by atoms with Crippen LogP contribution in [0.25, 0.3) is 0 Å². The normalized spacial score (nSPS) is 16.8. The predicted molar refractivity (Wildman–Crippen MR) is 102 cm³/mol. The number of rotatable bonds is 11. The molecule has 1 fully saturated rings. The van der Waals surface area contributed by atoms with E-state index >= 15 is 0 Å². The first-order chi connectivity index (χ1) is 11.5. The molecule has 0 atom stereocenters. The molecular weight excluding hydrogens is 324 g/mol. The molecule has 0 aliphatic heterocycles. The smallest absolute Gasteiger partial charge is 0.213 e. The molecule has 7 heteroatoms. The van der Waals surface area contributed by atoms with E-state index in [1.54, 1.807) is 21.0 Å². The Kier molecular flexibility index (Phi) is 10.3. The SMILES string of the molecule is CCS(=O)(=O)N(C)CCCNC(=NC)NCCCCC1CCCC1. The Morgan fingerprint density at radius 2 is 1.75 bits per heavy atom. The number of unbranched alkanes of at least 4 members (excludes halogenated alkanes) is 1. The highest BCUT2D eigenvalue weighted by Gasteiger charge is 2.14. The van der Waals surface area contributed by atoms with Gasteiger partial charge in [0.15, 0.2) is 5.96 Å². The quantitative estimate of drug-likeness (QED) is 0.336. The zero-order valence-electron chi connectivity index (χ0n) is 15.7. The molecule has 142 valence electrons. The molecule has 1 aliphatic carbocycles. The third kappa shape index (κ3) is 8.33. The maximum Gasteiger partial charge on any atom is 0.213 e. The molecule has 0 unspecified atom stereocenters. The first-order valence-electron chi connectivity index (χ1n) is 9.38. The van der Waals surface area contributed by atoms with E-state index in [-0.39, 0.29) is 5.75 Å². The number of aliphatic imine (C=N–C) groups is 1. The van der Waals surface area contributed by atoms with Crippen LogP contribution in [0.15, 0.2) is 4.99 Å². The van der Waals surface area contributed by atoms with Gasteiger partial charge in [-0.25, -0.2) is 12.7 Å². The van der Waals surface area contributed by atoms with Crippen LogP contribution in [-0.2, 0) is 10.0 Å². The zero-order valence-corrected chi connectivity index (χ0v) is 16.5. The van der Waals surface area contributed by atoms with Gasteiger partial charge in [0.2, 0.25) is 10.0 Å². The summed E-state index contributed by atoms with van der Waals surface area (Å²) in [6, 6.07) is 0. The van der Waals surface area contributed by atoms with E-state index in [1.807, 2.05) is 0 Å². The second kappa shape index (κ2) is 11.7. The zero-order chi connectivity index (χ0) is 17.8. The van der Waals surface area contributed by atoms with Crippen molar-refractivity contribution in [2.24, 2.45) is 10.9 Å². The van der Waals surface area contributed by atoms with E-state index in [4.69, 9.17) is 0 Å². The molecule has 1 saturated carbocycles. The minimum atomic E-state index is -3.07. The lowest BCUT2D eigenvalue weighted by molar-refractivity contribution is 0.460. The fourth-order valence-electron chi connectivity index (χ4n) is 3.15. The van der Waals surface area contributed by atoms with Gasteiger partial charge in [-0.15, -0.1) is 0 Å². The summed E-state index contributed by atoms with van der Waals surface area (Å²) in [5.74, 6) is 1.93. The molecule has 0 aromatic carbocycles. The average Bonchev–Trinajstić information content (AvgIpc) is 3.09. The highest BCUT2D eigenvalue weighted by atomic mass is 32.2. The van der Waals surface area contributed by atoms with Crippen molar-refractivity contribution in [3.63, 3.8) is 0 Å². The monoisotopic (exact) mass is 360 g/mol. The Labute approximate surface area is 148 Å². The van der Waals surface area contributed by atoms with Gasteiger partial charge in [-0.2, -0.15) is 0 Å². The molecule has 2 N–H and O–H groups in total. The molecule has 6 nitrogen and oxygen atoms in total. The minimum absolute atomic E-state index is 0.154. The first kappa shape index (κ1) is 21.2. The van der Waals surface area contributed by atoms with Crippen molar-refractivity contribution in [3.8, 4) is 0 Å². The van der Waals surface area contributed by atoms with Crippen molar-refractivity contribution in [3.05, 3.63) is 0 Å². The standard InChI is InChI=1S/C17H36N4O2S/c1-4-24(22,23)21(3)15-9-14-20-17(18-2)19-13-8-7-12-16-10-5-6-11-16/h16H,4-15H2,1-3H3,(H2,18,19,20). The van der Waals surface area contributed by atoms with Crippen LogP contribution in [0.1, 0.15) is 58.3 Å². The average molecular weight is 361 g/mol. The number of guanidine groups is 1. The van der Waals surface area contributed by atoms with E-state index in [9.17, 15) is 8.42 Å². The Hall–Kier alpha value is -0.820. The fourth-order valence-corrected chi connectivity index (χ4v) is 4.00. The second-order valence-electron chi connectivity index (χ2n) is 6.65. The van der Waals surface area contributed by atoms with E-state index in [0.29, 0.717) is 13.1 Å². The van der Waals surface area contributed by atoms with Crippen LogP contribution >= 0.6 is 0 Å². The van der Waals surface area contributed by atoms with Crippen molar-refractivity contribution in [1.29, 1.82) is 0 Å². The van der Waals surface area contributed by atoms with Crippen LogP contribution in [-0.4, -0.2) is 58.2 Å². The van der Waals surface area contributed by atoms with Crippen LogP contribution in [0.4, 0.5) is 0 Å². The third-order valence-electron chi connectivity index (χ3n) is 4.81. The summed E-state index contributed by atoms with van der Waals surface area (Å²) >= 11 is 0. The molecule has 0 radical (unpaired) electrons. The topological polar surface area (TPSA) is 73.8 Å². The molecule has 0 aromatic heterocycles. The maximum atomic E-state index is 11.7. The lowest BCUT2D eigenvalue weighted by Gasteiger charge is -2.17. The van der Waals surface area contributed by atoms with Crippen molar-refractivity contribution < 1.29 is 8.42 Å². The van der Waals surface area contributed by atoms with Crippen molar-refractivity contribution in [1.82, 2.24) is 14.9 Å². The Morgan fingerprint density at radius 3 is 2.33 bits per heavy atom. The Morgan fingerprint density at radius 1 is 1.12 bits per heavy atom. The summed E-state index contributed by atoms with van der Waals surface area (Å²) in [7, 11) is 0.328. The summed E-state index contributed by atoms with van der Waals surface area (Å²) in [6.07, 6.45) is 10.3. The largest absolute Gasteiger partial charge is 0.356 e. The molecule has 0 saturated heterocycles. The summed E-state index contributed by atoms with van der Waals surface area (Å²) in [6.45, 7) is 3.85. The Balaban J connectivity index is 2.05. The third-order valence-corrected chi connectivity index (χ3v) is 6.67. The van der Waals surface area contributed by atoms with Crippen LogP contribution in [0, 0.1) is 5.92 Å². The molecule has 1 aliphatic rings. The molecule has 24 heavy (non-hydrogen) atoms. The number of nitrogens with zero attached hydrogens (tertiary/aromatic N) is 2. The van der Waals surface area contributed by atoms with Gasteiger partial charge in [0.1, 0.15) is 0 Å². The lowest BCUT2D eigenvalue weighted by Crippen LogP contribution is -2.39. The van der Waals surface area contributed by atoms with Gasteiger partial charge in [-0.05, 0) is 25.7 Å². The second-order valence-corrected chi connectivity index (χ2v) is 9.01. The molecule has 1 rings (SSSR count). The molecule has 0 amide bonds. The van der Waals surface area contributed by atoms with Gasteiger partial charge >= 0.3 is 0 Å². The molecule has 0 spiro atoms. The molecule has 0 bridgehead atoms. The van der Waals surface area contributed by atoms with Crippen LogP contribution in [0.3, 0.4) is 0 Å². The van der Waals surface area contributed by atoms with Gasteiger partial charge in [-0.3, -0.25) is 4.99 Å². The fraction of sp³-hybridized carbons (Fsp3) is 0.941. The van der Waals surface area contributed by atoms with Gasteiger partial charge in [-0.1, -0.05) is 38.5 Å². The molecule has 0 heterocycles. The summed E-state index contributed by atoms with van der Waals surface area (Å²) in [5.41, 5.74) is 0. The number of sulfonamides is 1. The van der Waals surface area contributed by atoms with E-state index < -0.39 is 10.0 Å². The maximum absolute atomic E-state index is 11.7. The minimum Gasteiger partial charge on any atom is -0.356 e. The van der Waals surface area contributed by atoms with Gasteiger partial charge < -0.3 is 10.6 Å². The van der Waals surface area contributed by atoms with E-state index in [2.05, 4.69) is 15.6 Å². The van der Waals surface area contributed by atoms with Crippen molar-refractivity contribution in [2.75, 3.05) is 39.5 Å². The highest BCUT2D eigenvalue weighted by Crippen LogP contribution is 2.28. The molecule has 0 aromatic rings. The lowest BCUT2D eigenvalue weighted by atomic mass is 10.0. The number of nitrogens with one attached hydrogen (secondary N) is 2. The van der Waals surface area contributed by atoms with Crippen LogP contribution in [0.5, 0.6) is 0 Å². The first-order valence-corrected chi connectivity index (χ1v) is 11.0. The van der Waals surface area contributed by atoms with Crippen molar-refractivity contribution >= 4 is 16.0 Å². The number of hydrogen-bond donors (Lipinski definition) is 2. The Bertz CT molecular complexity index is 459. The van der Waals surface area contributed by atoms with Gasteiger partial charge in [0, 0.05) is 33.7 Å². The van der Waals surface area contributed by atoms with E-state index in [0.717, 1.165) is 24.8 Å². The highest BCUT2D eigenvalue weighted by molar-refractivity contribution is 7.89. The summed E-state index contributed by atoms with van der Waals surface area (Å²) in [5, 5.41) is 6.58. The summed E-state index contributed by atoms with van der Waals surface area (Å²) < 4.78 is 24.7. The number of hydrogen-bond acceptors (Lipinski definition) is 3. The molecular formula is C17H36N4O2S. The predicted octanol–water partition coefficient (Wildman–Crippen LogP) is 2.18. The van der Waals surface area contributed by atoms with Crippen molar-refractivity contribution in [2.45, 2.75) is 58.3 Å². The van der Waals surface area contributed by atoms with Gasteiger partial charge in [0.25, 0.3) is 0 Å². The summed E-state index contributed by atoms with van der Waals surface area (Å²) in [4.78, 5) is 4.21.